The van der Waals surface area contributed by atoms with Crippen molar-refractivity contribution in [3.05, 3.63) is 34.2 Å². The lowest BCUT2D eigenvalue weighted by Gasteiger charge is -2.33. The number of carbonyl (C=O) groups is 1. The Hall–Kier alpha value is -1.62. The fourth-order valence-corrected chi connectivity index (χ4v) is 1.77. The Bertz CT molecular complexity index is 441. The number of aromatic amines is 1. The molecule has 1 aliphatic rings. The molecule has 0 spiro atoms. The van der Waals surface area contributed by atoms with Crippen LogP contribution in [-0.2, 0) is 4.74 Å². The maximum absolute atomic E-state index is 12.1. The number of pyridine rings is 1. The molecular weight excluding hydrogens is 208 g/mol. The number of rotatable bonds is 1. The van der Waals surface area contributed by atoms with Gasteiger partial charge >= 0.3 is 0 Å². The molecule has 5 heteroatoms. The molecule has 1 aliphatic heterocycles. The van der Waals surface area contributed by atoms with E-state index < -0.39 is 0 Å². The highest BCUT2D eigenvalue weighted by Crippen LogP contribution is 2.09. The summed E-state index contributed by atoms with van der Waals surface area (Å²) in [6.07, 6.45) is 2.97. The van der Waals surface area contributed by atoms with Gasteiger partial charge in [-0.3, -0.25) is 9.59 Å². The van der Waals surface area contributed by atoms with Gasteiger partial charge < -0.3 is 14.6 Å². The number of nitrogens with one attached hydrogen (secondary N) is 1. The molecule has 2 heterocycles. The first-order chi connectivity index (χ1) is 7.70. The van der Waals surface area contributed by atoms with Crippen molar-refractivity contribution in [3.63, 3.8) is 0 Å². The van der Waals surface area contributed by atoms with E-state index in [1.54, 1.807) is 4.90 Å². The van der Waals surface area contributed by atoms with Crippen LogP contribution in [0.25, 0.3) is 0 Å². The van der Waals surface area contributed by atoms with Crippen molar-refractivity contribution in [3.8, 4) is 0 Å². The monoisotopic (exact) mass is 222 g/mol. The second kappa shape index (κ2) is 4.49. The Balaban J connectivity index is 2.25. The Labute approximate surface area is 93.0 Å². The van der Waals surface area contributed by atoms with Crippen LogP contribution in [-0.4, -0.2) is 41.6 Å². The van der Waals surface area contributed by atoms with E-state index in [1.165, 1.54) is 18.5 Å². The molecule has 0 bridgehead atoms. The molecule has 1 aromatic heterocycles. The quantitative estimate of drug-likeness (QED) is 0.740. The zero-order valence-corrected chi connectivity index (χ0v) is 9.10. The maximum atomic E-state index is 12.1. The summed E-state index contributed by atoms with van der Waals surface area (Å²) < 4.78 is 5.25. The van der Waals surface area contributed by atoms with E-state index in [2.05, 4.69) is 4.98 Å². The van der Waals surface area contributed by atoms with Gasteiger partial charge in [0, 0.05) is 25.0 Å². The van der Waals surface area contributed by atoms with Crippen molar-refractivity contribution in [2.75, 3.05) is 19.8 Å². The van der Waals surface area contributed by atoms with Crippen molar-refractivity contribution in [1.29, 1.82) is 0 Å². The number of carbonyl (C=O) groups excluding carboxylic acids is 1. The van der Waals surface area contributed by atoms with Gasteiger partial charge in [-0.25, -0.2) is 0 Å². The molecule has 1 aromatic rings. The van der Waals surface area contributed by atoms with Crippen LogP contribution in [0.1, 0.15) is 17.3 Å². The second-order valence-corrected chi connectivity index (χ2v) is 3.84. The summed E-state index contributed by atoms with van der Waals surface area (Å²) in [4.78, 5) is 28.0. The lowest BCUT2D eigenvalue weighted by Crippen LogP contribution is -2.48. The number of H-pyrrole nitrogens is 1. The largest absolute Gasteiger partial charge is 0.377 e. The third-order valence-corrected chi connectivity index (χ3v) is 2.68. The number of aromatic nitrogens is 1. The zero-order chi connectivity index (χ0) is 11.5. The molecule has 0 aromatic carbocycles. The predicted molar refractivity (Wildman–Crippen MR) is 58.4 cm³/mol. The van der Waals surface area contributed by atoms with E-state index in [9.17, 15) is 9.59 Å². The summed E-state index contributed by atoms with van der Waals surface area (Å²) in [5, 5.41) is 0. The third kappa shape index (κ3) is 1.99. The summed E-state index contributed by atoms with van der Waals surface area (Å²) in [5.41, 5.74) is -0.0568. The summed E-state index contributed by atoms with van der Waals surface area (Å²) in [5.74, 6) is -0.224. The van der Waals surface area contributed by atoms with Gasteiger partial charge in [0.2, 0.25) is 0 Å². The topological polar surface area (TPSA) is 62.4 Å². The molecule has 1 amide bonds. The average molecular weight is 222 g/mol. The van der Waals surface area contributed by atoms with E-state index in [1.807, 2.05) is 6.92 Å². The van der Waals surface area contributed by atoms with Gasteiger partial charge in [-0.2, -0.15) is 0 Å². The van der Waals surface area contributed by atoms with Crippen molar-refractivity contribution < 1.29 is 9.53 Å². The van der Waals surface area contributed by atoms with Crippen molar-refractivity contribution in [1.82, 2.24) is 9.88 Å². The standard InChI is InChI=1S/C11H14N2O3/c1-8-7-16-5-4-13(8)11(15)9-6-12-3-2-10(9)14/h2-3,6,8H,4-5,7H2,1H3,(H,12,14). The van der Waals surface area contributed by atoms with E-state index in [-0.39, 0.29) is 22.9 Å². The van der Waals surface area contributed by atoms with Crippen LogP contribution in [0.15, 0.2) is 23.3 Å². The molecule has 0 saturated carbocycles. The summed E-state index contributed by atoms with van der Waals surface area (Å²) in [6.45, 7) is 3.50. The second-order valence-electron chi connectivity index (χ2n) is 3.84. The molecule has 0 radical (unpaired) electrons. The molecule has 5 nitrogen and oxygen atoms in total. The van der Waals surface area contributed by atoms with Crippen LogP contribution in [0.3, 0.4) is 0 Å². The van der Waals surface area contributed by atoms with E-state index >= 15 is 0 Å². The highest BCUT2D eigenvalue weighted by molar-refractivity contribution is 5.94. The van der Waals surface area contributed by atoms with Crippen LogP contribution >= 0.6 is 0 Å². The number of hydrogen-bond acceptors (Lipinski definition) is 3. The Kier molecular flexibility index (Phi) is 3.05. The average Bonchev–Trinajstić information content (AvgIpc) is 2.29. The number of nitrogens with zero attached hydrogens (tertiary/aromatic N) is 1. The van der Waals surface area contributed by atoms with Crippen molar-refractivity contribution in [2.45, 2.75) is 13.0 Å². The van der Waals surface area contributed by atoms with Crippen LogP contribution in [0, 0.1) is 0 Å². The molecule has 16 heavy (non-hydrogen) atoms. The molecule has 1 saturated heterocycles. The molecule has 1 unspecified atom stereocenters. The first-order valence-electron chi connectivity index (χ1n) is 5.26. The Morgan fingerprint density at radius 2 is 2.44 bits per heavy atom. The number of ether oxygens (including phenoxy) is 1. The van der Waals surface area contributed by atoms with E-state index in [4.69, 9.17) is 4.74 Å². The zero-order valence-electron chi connectivity index (χ0n) is 9.10. The first kappa shape index (κ1) is 10.9. The minimum Gasteiger partial charge on any atom is -0.377 e. The molecule has 1 N–H and O–H groups in total. The van der Waals surface area contributed by atoms with Gasteiger partial charge in [0.05, 0.1) is 19.3 Å². The summed E-state index contributed by atoms with van der Waals surface area (Å²) in [7, 11) is 0. The number of amides is 1. The van der Waals surface area contributed by atoms with Gasteiger partial charge in [-0.15, -0.1) is 0 Å². The third-order valence-electron chi connectivity index (χ3n) is 2.68. The fraction of sp³-hybridized carbons (Fsp3) is 0.455. The lowest BCUT2D eigenvalue weighted by atomic mass is 10.2. The minimum atomic E-state index is -0.248. The van der Waals surface area contributed by atoms with Crippen LogP contribution in [0.2, 0.25) is 0 Å². The molecule has 0 aliphatic carbocycles. The number of hydrogen-bond donors (Lipinski definition) is 1. The van der Waals surface area contributed by atoms with Gasteiger partial charge in [-0.05, 0) is 6.92 Å². The minimum absolute atomic E-state index is 0.0147. The van der Waals surface area contributed by atoms with Gasteiger partial charge in [0.1, 0.15) is 5.56 Å². The van der Waals surface area contributed by atoms with Crippen molar-refractivity contribution in [2.24, 2.45) is 0 Å². The maximum Gasteiger partial charge on any atom is 0.259 e. The predicted octanol–water partition coefficient (Wildman–Crippen LogP) is 0.236. The fourth-order valence-electron chi connectivity index (χ4n) is 1.77. The Morgan fingerprint density at radius 1 is 1.62 bits per heavy atom. The number of morpholine rings is 1. The summed E-state index contributed by atoms with van der Waals surface area (Å²) >= 11 is 0. The van der Waals surface area contributed by atoms with Gasteiger partial charge in [0.15, 0.2) is 5.43 Å². The van der Waals surface area contributed by atoms with Gasteiger partial charge in [0.25, 0.3) is 5.91 Å². The van der Waals surface area contributed by atoms with Crippen LogP contribution in [0.4, 0.5) is 0 Å². The molecule has 86 valence electrons. The SMILES string of the molecule is CC1COCCN1C(=O)c1c[nH]ccc1=O. The first-order valence-corrected chi connectivity index (χ1v) is 5.26. The lowest BCUT2D eigenvalue weighted by molar-refractivity contribution is 0.00350. The van der Waals surface area contributed by atoms with Crippen molar-refractivity contribution >= 4 is 5.91 Å². The Morgan fingerprint density at radius 3 is 3.12 bits per heavy atom. The highest BCUT2D eigenvalue weighted by Gasteiger charge is 2.25. The molecular formula is C11H14N2O3. The molecule has 1 atom stereocenters. The van der Waals surface area contributed by atoms with E-state index in [0.29, 0.717) is 19.8 Å². The van der Waals surface area contributed by atoms with Gasteiger partial charge in [-0.1, -0.05) is 0 Å². The molecule has 1 fully saturated rings. The highest BCUT2D eigenvalue weighted by atomic mass is 16.5. The van der Waals surface area contributed by atoms with E-state index in [0.717, 1.165) is 0 Å². The normalized spacial score (nSPS) is 20.8. The van der Waals surface area contributed by atoms with Crippen LogP contribution < -0.4 is 5.43 Å². The summed E-state index contributed by atoms with van der Waals surface area (Å²) in [6, 6.07) is 1.37. The molecule has 2 rings (SSSR count). The smallest absolute Gasteiger partial charge is 0.259 e. The van der Waals surface area contributed by atoms with Crippen LogP contribution in [0.5, 0.6) is 0 Å².